The van der Waals surface area contributed by atoms with Gasteiger partial charge in [0.25, 0.3) is 5.91 Å². The van der Waals surface area contributed by atoms with Crippen molar-refractivity contribution in [2.45, 2.75) is 6.54 Å². The van der Waals surface area contributed by atoms with E-state index in [1.54, 1.807) is 6.20 Å². The Morgan fingerprint density at radius 3 is 2.69 bits per heavy atom. The van der Waals surface area contributed by atoms with Crippen LogP contribution in [-0.4, -0.2) is 20.9 Å². The average Bonchev–Trinajstić information content (AvgIpc) is 3.16. The summed E-state index contributed by atoms with van der Waals surface area (Å²) < 4.78 is 0. The minimum absolute atomic E-state index is 0.127. The summed E-state index contributed by atoms with van der Waals surface area (Å²) in [6.07, 6.45) is 1.75. The van der Waals surface area contributed by atoms with Crippen LogP contribution in [0.5, 0.6) is 0 Å². The first kappa shape index (κ1) is 17.0. The Labute approximate surface area is 165 Å². The zero-order chi connectivity index (χ0) is 20.0. The van der Waals surface area contributed by atoms with Gasteiger partial charge in [-0.3, -0.25) is 4.79 Å². The van der Waals surface area contributed by atoms with Gasteiger partial charge in [-0.25, -0.2) is 4.98 Å². The summed E-state index contributed by atoms with van der Waals surface area (Å²) in [4.78, 5) is 24.2. The number of aromatic nitrogens is 3. The van der Waals surface area contributed by atoms with Crippen LogP contribution in [0.15, 0.2) is 60.8 Å². The molecule has 3 aromatic carbocycles. The van der Waals surface area contributed by atoms with Crippen LogP contribution < -0.4 is 16.8 Å². The molecule has 6 N–H and O–H groups in total. The van der Waals surface area contributed by atoms with Gasteiger partial charge >= 0.3 is 0 Å². The van der Waals surface area contributed by atoms with Gasteiger partial charge < -0.3 is 21.8 Å². The summed E-state index contributed by atoms with van der Waals surface area (Å²) in [7, 11) is 0. The van der Waals surface area contributed by atoms with E-state index in [1.807, 2.05) is 48.5 Å². The molecular weight excluding hydrogens is 364 g/mol. The number of carbonyl (C=O) groups excluding carboxylic acids is 1. The number of nitrogens with zero attached hydrogens (tertiary/aromatic N) is 2. The van der Waals surface area contributed by atoms with Crippen molar-refractivity contribution in [1.82, 2.24) is 20.3 Å². The first-order valence-corrected chi connectivity index (χ1v) is 9.19. The van der Waals surface area contributed by atoms with E-state index in [4.69, 9.17) is 11.5 Å². The Morgan fingerprint density at radius 2 is 1.79 bits per heavy atom. The van der Waals surface area contributed by atoms with Crippen molar-refractivity contribution >= 4 is 50.3 Å². The fourth-order valence-electron chi connectivity index (χ4n) is 3.67. The van der Waals surface area contributed by atoms with Crippen LogP contribution in [0.1, 0.15) is 15.9 Å². The highest BCUT2D eigenvalue weighted by molar-refractivity contribution is 6.14. The summed E-state index contributed by atoms with van der Waals surface area (Å²) in [5.74, 6) is 0.324. The van der Waals surface area contributed by atoms with E-state index < -0.39 is 0 Å². The molecule has 0 fully saturated rings. The molecule has 0 saturated heterocycles. The third-order valence-corrected chi connectivity index (χ3v) is 5.09. The Bertz CT molecular complexity index is 1410. The second kappa shape index (κ2) is 6.49. The van der Waals surface area contributed by atoms with Gasteiger partial charge in [-0.15, -0.1) is 0 Å². The second-order valence-corrected chi connectivity index (χ2v) is 6.91. The molecular formula is C22H18N6O. The lowest BCUT2D eigenvalue weighted by molar-refractivity contribution is 0.0952. The number of amides is 1. The molecule has 0 aliphatic carbocycles. The van der Waals surface area contributed by atoms with Gasteiger partial charge in [-0.1, -0.05) is 42.5 Å². The zero-order valence-electron chi connectivity index (χ0n) is 15.4. The van der Waals surface area contributed by atoms with Gasteiger partial charge in [-0.05, 0) is 23.1 Å². The van der Waals surface area contributed by atoms with Gasteiger partial charge in [0.15, 0.2) is 0 Å². The lowest BCUT2D eigenvalue weighted by Crippen LogP contribution is -2.22. The summed E-state index contributed by atoms with van der Waals surface area (Å²) in [6, 6.07) is 17.7. The number of rotatable bonds is 3. The summed E-state index contributed by atoms with van der Waals surface area (Å²) in [6.45, 7) is 0.360. The third kappa shape index (κ3) is 2.89. The van der Waals surface area contributed by atoms with E-state index in [0.29, 0.717) is 23.4 Å². The molecule has 0 radical (unpaired) electrons. The molecule has 0 aliphatic rings. The lowest BCUT2D eigenvalue weighted by Gasteiger charge is -2.07. The number of anilines is 2. The van der Waals surface area contributed by atoms with E-state index in [9.17, 15) is 4.79 Å². The largest absolute Gasteiger partial charge is 0.383 e. The number of aromatic amines is 1. The molecule has 0 atom stereocenters. The first-order chi connectivity index (χ1) is 14.1. The molecule has 0 unspecified atom stereocenters. The molecule has 0 saturated carbocycles. The van der Waals surface area contributed by atoms with E-state index in [2.05, 4.69) is 26.3 Å². The number of H-pyrrole nitrogens is 1. The molecule has 29 heavy (non-hydrogen) atoms. The predicted octanol–water partition coefficient (Wildman–Crippen LogP) is 3.36. The summed E-state index contributed by atoms with van der Waals surface area (Å²) in [5.41, 5.74) is 14.7. The Morgan fingerprint density at radius 1 is 0.966 bits per heavy atom. The van der Waals surface area contributed by atoms with E-state index in [1.165, 1.54) is 0 Å². The molecule has 2 aromatic heterocycles. The molecule has 0 spiro atoms. The van der Waals surface area contributed by atoms with Crippen LogP contribution >= 0.6 is 0 Å². The number of nitrogens with one attached hydrogen (secondary N) is 2. The van der Waals surface area contributed by atoms with Crippen LogP contribution in [-0.2, 0) is 6.54 Å². The van der Waals surface area contributed by atoms with Crippen molar-refractivity contribution in [2.24, 2.45) is 0 Å². The fraction of sp³-hybridized carbons (Fsp3) is 0.0455. The molecule has 1 amide bonds. The minimum atomic E-state index is -0.145. The minimum Gasteiger partial charge on any atom is -0.383 e. The molecule has 2 heterocycles. The number of hydrogen-bond donors (Lipinski definition) is 4. The van der Waals surface area contributed by atoms with Crippen molar-refractivity contribution in [3.05, 3.63) is 71.9 Å². The van der Waals surface area contributed by atoms with Crippen LogP contribution in [0.3, 0.4) is 0 Å². The quantitative estimate of drug-likeness (QED) is 0.381. The van der Waals surface area contributed by atoms with E-state index >= 15 is 0 Å². The highest BCUT2D eigenvalue weighted by Gasteiger charge is 2.14. The normalized spacial score (nSPS) is 11.3. The highest BCUT2D eigenvalue weighted by Crippen LogP contribution is 2.27. The van der Waals surface area contributed by atoms with Crippen LogP contribution in [0.4, 0.5) is 11.8 Å². The van der Waals surface area contributed by atoms with E-state index in [-0.39, 0.29) is 11.9 Å². The predicted molar refractivity (Wildman–Crippen MR) is 115 cm³/mol. The van der Waals surface area contributed by atoms with E-state index in [0.717, 1.165) is 32.6 Å². The van der Waals surface area contributed by atoms with Gasteiger partial charge in [-0.2, -0.15) is 4.98 Å². The van der Waals surface area contributed by atoms with Crippen molar-refractivity contribution in [1.29, 1.82) is 0 Å². The first-order valence-electron chi connectivity index (χ1n) is 9.19. The number of fused-ring (bicyclic) bond motifs is 4. The van der Waals surface area contributed by atoms with Crippen molar-refractivity contribution in [3.8, 4) is 0 Å². The molecule has 7 nitrogen and oxygen atoms in total. The molecule has 0 bridgehead atoms. The molecule has 7 heteroatoms. The maximum Gasteiger partial charge on any atom is 0.253 e. The van der Waals surface area contributed by atoms with Gasteiger partial charge in [0.2, 0.25) is 5.95 Å². The highest BCUT2D eigenvalue weighted by atomic mass is 16.1. The smallest absolute Gasteiger partial charge is 0.253 e. The topological polar surface area (TPSA) is 123 Å². The third-order valence-electron chi connectivity index (χ3n) is 5.09. The number of nitrogen functional groups attached to an aromatic ring is 2. The van der Waals surface area contributed by atoms with Gasteiger partial charge in [0.1, 0.15) is 5.82 Å². The standard InChI is InChI=1S/C22H18N6O/c23-20-16-7-5-12(9-18(16)27-22(24)28-20)10-26-21(29)17-11-25-19-14-4-2-1-3-13(14)6-8-15(17)19/h1-9,11,25H,10H2,(H,26,29)(H4,23,24,27,28). The monoisotopic (exact) mass is 382 g/mol. The average molecular weight is 382 g/mol. The van der Waals surface area contributed by atoms with Crippen LogP contribution in [0, 0.1) is 0 Å². The molecule has 142 valence electrons. The summed E-state index contributed by atoms with van der Waals surface area (Å²) in [5, 5.41) is 6.82. The van der Waals surface area contributed by atoms with Gasteiger partial charge in [0.05, 0.1) is 16.6 Å². The Balaban J connectivity index is 1.42. The number of benzene rings is 3. The number of hydrogen-bond acceptors (Lipinski definition) is 5. The molecule has 5 aromatic rings. The number of nitrogens with two attached hydrogens (primary N) is 2. The van der Waals surface area contributed by atoms with Crippen molar-refractivity contribution in [2.75, 3.05) is 11.5 Å². The SMILES string of the molecule is Nc1nc(N)c2ccc(CNC(=O)c3c[nH]c4c3ccc3ccccc34)cc2n1. The maximum absolute atomic E-state index is 12.8. The number of carbonyl (C=O) groups is 1. The maximum atomic E-state index is 12.8. The van der Waals surface area contributed by atoms with Crippen molar-refractivity contribution in [3.63, 3.8) is 0 Å². The Kier molecular flexibility index (Phi) is 3.80. The molecule has 5 rings (SSSR count). The zero-order valence-corrected chi connectivity index (χ0v) is 15.4. The lowest BCUT2D eigenvalue weighted by atomic mass is 10.1. The van der Waals surface area contributed by atoms with Gasteiger partial charge in [0, 0.05) is 28.9 Å². The summed E-state index contributed by atoms with van der Waals surface area (Å²) >= 11 is 0. The Hall–Kier alpha value is -4.13. The fourth-order valence-corrected chi connectivity index (χ4v) is 3.67. The second-order valence-electron chi connectivity index (χ2n) is 6.91. The van der Waals surface area contributed by atoms with Crippen LogP contribution in [0.2, 0.25) is 0 Å². The molecule has 0 aliphatic heterocycles. The van der Waals surface area contributed by atoms with Crippen molar-refractivity contribution < 1.29 is 4.79 Å². The van der Waals surface area contributed by atoms with Crippen LogP contribution in [0.25, 0.3) is 32.6 Å².